The number of carbonyl (C=O) groups is 2. The van der Waals surface area contributed by atoms with Crippen LogP contribution in [0.1, 0.15) is 19.3 Å². The zero-order valence-corrected chi connectivity index (χ0v) is 9.02. The summed E-state index contributed by atoms with van der Waals surface area (Å²) in [7, 11) is 0. The van der Waals surface area contributed by atoms with E-state index < -0.39 is 5.41 Å². The number of hydrogen-bond acceptors (Lipinski definition) is 3. The lowest BCUT2D eigenvalue weighted by Crippen LogP contribution is -2.45. The maximum absolute atomic E-state index is 11.8. The van der Waals surface area contributed by atoms with E-state index in [0.717, 1.165) is 12.8 Å². The summed E-state index contributed by atoms with van der Waals surface area (Å²) >= 11 is 4.87. The lowest BCUT2D eigenvalue weighted by atomic mass is 10.1. The first-order valence-electron chi connectivity index (χ1n) is 4.92. The van der Waals surface area contributed by atoms with Crippen LogP contribution in [0.15, 0.2) is 0 Å². The number of carbonyl (C=O) groups excluding carboxylic acids is 2. The minimum absolute atomic E-state index is 0.0273. The van der Waals surface area contributed by atoms with Gasteiger partial charge in [0.1, 0.15) is 0 Å². The molecule has 6 heteroatoms. The molecule has 1 saturated heterocycles. The molecule has 0 aromatic carbocycles. The highest BCUT2D eigenvalue weighted by molar-refractivity contribution is 7.80. The summed E-state index contributed by atoms with van der Waals surface area (Å²) in [5.41, 5.74) is 4.90. The Morgan fingerprint density at radius 2 is 2.27 bits per heavy atom. The molecule has 82 valence electrons. The average molecular weight is 227 g/mol. The molecule has 2 aliphatic rings. The maximum Gasteiger partial charge on any atom is 0.233 e. The van der Waals surface area contributed by atoms with E-state index in [-0.39, 0.29) is 22.8 Å². The average Bonchev–Trinajstić information content (AvgIpc) is 2.88. The van der Waals surface area contributed by atoms with E-state index in [1.165, 1.54) is 0 Å². The third-order valence-corrected chi connectivity index (χ3v) is 3.36. The molecule has 1 aliphatic heterocycles. The lowest BCUT2D eigenvalue weighted by Gasteiger charge is -2.16. The highest BCUT2D eigenvalue weighted by Gasteiger charge is 2.53. The highest BCUT2D eigenvalue weighted by Crippen LogP contribution is 2.46. The summed E-state index contributed by atoms with van der Waals surface area (Å²) in [6.07, 6.45) is 1.80. The fourth-order valence-electron chi connectivity index (χ4n) is 1.74. The molecule has 5 nitrogen and oxygen atoms in total. The number of rotatable bonds is 3. The Kier molecular flexibility index (Phi) is 2.38. The number of thiocarbonyl (C=S) groups is 1. The van der Waals surface area contributed by atoms with E-state index in [0.29, 0.717) is 13.0 Å². The largest absolute Gasteiger partial charge is 0.392 e. The first-order chi connectivity index (χ1) is 7.04. The predicted octanol–water partition coefficient (Wildman–Crippen LogP) is -0.943. The van der Waals surface area contributed by atoms with Gasteiger partial charge in [-0.1, -0.05) is 12.2 Å². The Balaban J connectivity index is 1.93. The summed E-state index contributed by atoms with van der Waals surface area (Å²) in [6.45, 7) is 0.498. The molecular formula is C9H13N3O2S. The smallest absolute Gasteiger partial charge is 0.233 e. The van der Waals surface area contributed by atoms with E-state index >= 15 is 0 Å². The van der Waals surface area contributed by atoms with Gasteiger partial charge in [-0.3, -0.25) is 9.59 Å². The molecular weight excluding hydrogens is 214 g/mol. The van der Waals surface area contributed by atoms with Crippen LogP contribution < -0.4 is 16.4 Å². The van der Waals surface area contributed by atoms with Gasteiger partial charge in [-0.05, 0) is 12.8 Å². The van der Waals surface area contributed by atoms with Crippen molar-refractivity contribution < 1.29 is 9.59 Å². The minimum atomic E-state index is -0.624. The Labute approximate surface area is 92.8 Å². The minimum Gasteiger partial charge on any atom is -0.392 e. The van der Waals surface area contributed by atoms with Crippen LogP contribution in [0.2, 0.25) is 0 Å². The van der Waals surface area contributed by atoms with E-state index in [4.69, 9.17) is 18.0 Å². The van der Waals surface area contributed by atoms with Gasteiger partial charge in [-0.2, -0.15) is 0 Å². The van der Waals surface area contributed by atoms with Gasteiger partial charge in [0, 0.05) is 13.0 Å². The van der Waals surface area contributed by atoms with Crippen molar-refractivity contribution >= 4 is 29.0 Å². The van der Waals surface area contributed by atoms with Crippen molar-refractivity contribution in [2.24, 2.45) is 11.1 Å². The Hall–Kier alpha value is -1.17. The van der Waals surface area contributed by atoms with Gasteiger partial charge in [0.2, 0.25) is 11.8 Å². The third kappa shape index (κ3) is 1.81. The van der Waals surface area contributed by atoms with E-state index in [9.17, 15) is 9.59 Å². The molecule has 0 radical (unpaired) electrons. The Morgan fingerprint density at radius 1 is 1.60 bits per heavy atom. The number of nitrogens with two attached hydrogens (primary N) is 1. The molecule has 2 fully saturated rings. The maximum atomic E-state index is 11.8. The normalized spacial score (nSPS) is 26.9. The van der Waals surface area contributed by atoms with Crippen LogP contribution in [0.25, 0.3) is 0 Å². The van der Waals surface area contributed by atoms with E-state index in [1.807, 2.05) is 0 Å². The molecule has 1 atom stereocenters. The summed E-state index contributed by atoms with van der Waals surface area (Å²) in [4.78, 5) is 23.0. The number of hydrogen-bond donors (Lipinski definition) is 3. The zero-order valence-electron chi connectivity index (χ0n) is 8.21. The summed E-state index contributed by atoms with van der Waals surface area (Å²) in [5, 5.41) is 5.46. The molecule has 1 aliphatic carbocycles. The van der Waals surface area contributed by atoms with Crippen molar-refractivity contribution in [2.45, 2.75) is 25.3 Å². The quantitative estimate of drug-likeness (QED) is 0.543. The van der Waals surface area contributed by atoms with Gasteiger partial charge in [0.25, 0.3) is 0 Å². The Morgan fingerprint density at radius 3 is 2.67 bits per heavy atom. The molecule has 1 unspecified atom stereocenters. The van der Waals surface area contributed by atoms with Crippen molar-refractivity contribution in [1.82, 2.24) is 10.6 Å². The molecule has 1 saturated carbocycles. The second kappa shape index (κ2) is 3.44. The molecule has 15 heavy (non-hydrogen) atoms. The molecule has 0 bridgehead atoms. The number of nitrogens with one attached hydrogen (secondary N) is 2. The van der Waals surface area contributed by atoms with Crippen LogP contribution in [-0.4, -0.2) is 29.4 Å². The summed E-state index contributed by atoms with van der Waals surface area (Å²) < 4.78 is 0. The van der Waals surface area contributed by atoms with Gasteiger partial charge in [0.15, 0.2) is 0 Å². The zero-order chi connectivity index (χ0) is 11.1. The van der Waals surface area contributed by atoms with Crippen molar-refractivity contribution in [3.63, 3.8) is 0 Å². The van der Waals surface area contributed by atoms with E-state index in [1.54, 1.807) is 0 Å². The van der Waals surface area contributed by atoms with Crippen LogP contribution in [0.5, 0.6) is 0 Å². The third-order valence-electron chi connectivity index (χ3n) is 2.97. The molecule has 0 aromatic rings. The van der Waals surface area contributed by atoms with Gasteiger partial charge in [0.05, 0.1) is 16.4 Å². The second-order valence-corrected chi connectivity index (χ2v) is 4.56. The van der Waals surface area contributed by atoms with Gasteiger partial charge in [-0.15, -0.1) is 0 Å². The first-order valence-corrected chi connectivity index (χ1v) is 5.33. The molecule has 0 aromatic heterocycles. The molecule has 1 heterocycles. The van der Waals surface area contributed by atoms with Crippen molar-refractivity contribution in [3.05, 3.63) is 0 Å². The first kappa shape index (κ1) is 10.4. The van der Waals surface area contributed by atoms with Crippen LogP contribution in [-0.2, 0) is 9.59 Å². The van der Waals surface area contributed by atoms with Crippen LogP contribution in [0.4, 0.5) is 0 Å². The second-order valence-electron chi connectivity index (χ2n) is 4.12. The summed E-state index contributed by atoms with van der Waals surface area (Å²) in [6, 6.07) is -0.114. The van der Waals surface area contributed by atoms with Gasteiger partial charge in [-0.25, -0.2) is 0 Å². The monoisotopic (exact) mass is 227 g/mol. The predicted molar refractivity (Wildman–Crippen MR) is 58.0 cm³/mol. The van der Waals surface area contributed by atoms with Gasteiger partial charge < -0.3 is 16.4 Å². The highest BCUT2D eigenvalue weighted by atomic mass is 32.1. The topological polar surface area (TPSA) is 84.2 Å². The van der Waals surface area contributed by atoms with Crippen LogP contribution >= 0.6 is 12.2 Å². The van der Waals surface area contributed by atoms with Crippen molar-refractivity contribution in [2.75, 3.05) is 6.54 Å². The Bertz CT molecular complexity index is 338. The fraction of sp³-hybridized carbons (Fsp3) is 0.667. The summed E-state index contributed by atoms with van der Waals surface area (Å²) in [5.74, 6) is -0.156. The molecule has 2 rings (SSSR count). The lowest BCUT2D eigenvalue weighted by molar-refractivity contribution is -0.124. The number of amides is 2. The SMILES string of the molecule is NC(=S)C1(C(=O)NC2CNC(=O)C2)CC1. The van der Waals surface area contributed by atoms with Crippen LogP contribution in [0.3, 0.4) is 0 Å². The fourth-order valence-corrected chi connectivity index (χ4v) is 2.04. The van der Waals surface area contributed by atoms with Crippen LogP contribution in [0, 0.1) is 5.41 Å². The van der Waals surface area contributed by atoms with Gasteiger partial charge >= 0.3 is 0 Å². The van der Waals surface area contributed by atoms with Crippen molar-refractivity contribution in [1.29, 1.82) is 0 Å². The standard InChI is InChI=1S/C9H13N3O2S/c10-7(15)9(1-2-9)8(14)12-5-3-6(13)11-4-5/h5H,1-4H2,(H2,10,15)(H,11,13)(H,12,14). The molecule has 4 N–H and O–H groups in total. The molecule has 2 amide bonds. The van der Waals surface area contributed by atoms with Crippen molar-refractivity contribution in [3.8, 4) is 0 Å². The van der Waals surface area contributed by atoms with E-state index in [2.05, 4.69) is 10.6 Å². The molecule has 0 spiro atoms.